The Bertz CT molecular complexity index is 638. The highest BCUT2D eigenvalue weighted by atomic mass is 16.4. The number of carbonyl (C=O) groups excluding carboxylic acids is 1. The molecule has 0 radical (unpaired) electrons. The second-order valence-corrected chi connectivity index (χ2v) is 5.91. The van der Waals surface area contributed by atoms with Gasteiger partial charge in [0.2, 0.25) is 11.8 Å². The standard InChI is InChI=1S/C15H22N6O2/c1-12-7-17-15(23-12)9-21(13(2)22)14-3-4-19(8-14)5-6-20-11-16-10-18-20/h7,10-11,14H,3-6,8-9H2,1-2H3. The lowest BCUT2D eigenvalue weighted by molar-refractivity contribution is -0.132. The molecule has 2 aromatic rings. The maximum Gasteiger partial charge on any atom is 0.220 e. The third kappa shape index (κ3) is 3.95. The largest absolute Gasteiger partial charge is 0.444 e. The molecule has 1 amide bonds. The van der Waals surface area contributed by atoms with Gasteiger partial charge in [-0.25, -0.2) is 9.97 Å². The van der Waals surface area contributed by atoms with E-state index >= 15 is 0 Å². The van der Waals surface area contributed by atoms with Crippen LogP contribution in [0.2, 0.25) is 0 Å². The molecule has 0 spiro atoms. The summed E-state index contributed by atoms with van der Waals surface area (Å²) in [6.07, 6.45) is 5.92. The Hall–Kier alpha value is -2.22. The number of hydrogen-bond donors (Lipinski definition) is 0. The molecule has 124 valence electrons. The highest BCUT2D eigenvalue weighted by Gasteiger charge is 2.30. The van der Waals surface area contributed by atoms with Crippen LogP contribution in [-0.2, 0) is 17.9 Å². The second-order valence-electron chi connectivity index (χ2n) is 5.91. The van der Waals surface area contributed by atoms with Gasteiger partial charge in [0, 0.05) is 32.6 Å². The minimum Gasteiger partial charge on any atom is -0.444 e. The molecule has 3 heterocycles. The van der Waals surface area contributed by atoms with Crippen molar-refractivity contribution in [2.75, 3.05) is 19.6 Å². The summed E-state index contributed by atoms with van der Waals surface area (Å²) in [6, 6.07) is 0.204. The smallest absolute Gasteiger partial charge is 0.220 e. The van der Waals surface area contributed by atoms with E-state index in [1.807, 2.05) is 16.5 Å². The number of aryl methyl sites for hydroxylation is 1. The molecule has 1 unspecified atom stereocenters. The van der Waals surface area contributed by atoms with Crippen LogP contribution in [0.4, 0.5) is 0 Å². The maximum atomic E-state index is 12.0. The Morgan fingerprint density at radius 3 is 3.00 bits per heavy atom. The van der Waals surface area contributed by atoms with Crippen LogP contribution in [0, 0.1) is 6.92 Å². The second kappa shape index (κ2) is 6.91. The van der Waals surface area contributed by atoms with Gasteiger partial charge in [-0.2, -0.15) is 5.10 Å². The van der Waals surface area contributed by atoms with E-state index in [1.54, 1.807) is 25.8 Å². The maximum absolute atomic E-state index is 12.0. The number of hydrogen-bond acceptors (Lipinski definition) is 6. The molecule has 1 atom stereocenters. The SMILES string of the molecule is CC(=O)N(Cc1ncc(C)o1)C1CCN(CCn2cncn2)C1. The summed E-state index contributed by atoms with van der Waals surface area (Å²) in [6.45, 7) is 7.46. The summed E-state index contributed by atoms with van der Waals surface area (Å²) in [5.74, 6) is 1.42. The van der Waals surface area contributed by atoms with E-state index < -0.39 is 0 Å². The van der Waals surface area contributed by atoms with Crippen molar-refractivity contribution < 1.29 is 9.21 Å². The van der Waals surface area contributed by atoms with E-state index in [0.29, 0.717) is 12.4 Å². The third-order valence-corrected chi connectivity index (χ3v) is 4.18. The summed E-state index contributed by atoms with van der Waals surface area (Å²) in [7, 11) is 0. The predicted molar refractivity (Wildman–Crippen MR) is 82.3 cm³/mol. The molecule has 0 bridgehead atoms. The number of nitrogens with zero attached hydrogens (tertiary/aromatic N) is 6. The van der Waals surface area contributed by atoms with Crippen molar-refractivity contribution in [3.05, 3.63) is 30.5 Å². The van der Waals surface area contributed by atoms with E-state index in [9.17, 15) is 4.79 Å². The molecule has 0 aliphatic carbocycles. The van der Waals surface area contributed by atoms with Crippen molar-refractivity contribution in [3.63, 3.8) is 0 Å². The molecule has 8 nitrogen and oxygen atoms in total. The molecular formula is C15H22N6O2. The Morgan fingerprint density at radius 2 is 2.35 bits per heavy atom. The zero-order chi connectivity index (χ0) is 16.2. The van der Waals surface area contributed by atoms with Gasteiger partial charge in [-0.3, -0.25) is 14.4 Å². The monoisotopic (exact) mass is 318 g/mol. The molecule has 0 aromatic carbocycles. The van der Waals surface area contributed by atoms with Crippen molar-refractivity contribution in [1.29, 1.82) is 0 Å². The lowest BCUT2D eigenvalue weighted by atomic mass is 10.2. The number of oxazole rings is 1. The van der Waals surface area contributed by atoms with Gasteiger partial charge in [0.1, 0.15) is 18.4 Å². The summed E-state index contributed by atoms with van der Waals surface area (Å²) in [5, 5.41) is 4.11. The number of aromatic nitrogens is 4. The van der Waals surface area contributed by atoms with Gasteiger partial charge in [-0.15, -0.1) is 0 Å². The van der Waals surface area contributed by atoms with Gasteiger partial charge in [-0.1, -0.05) is 0 Å². The lowest BCUT2D eigenvalue weighted by Gasteiger charge is -2.27. The van der Waals surface area contributed by atoms with Crippen LogP contribution >= 0.6 is 0 Å². The average Bonchev–Trinajstić information content (AvgIpc) is 3.24. The highest BCUT2D eigenvalue weighted by Crippen LogP contribution is 2.18. The van der Waals surface area contributed by atoms with Crippen LogP contribution in [0.1, 0.15) is 25.0 Å². The number of amides is 1. The first-order valence-corrected chi connectivity index (χ1v) is 7.85. The first-order valence-electron chi connectivity index (χ1n) is 7.85. The summed E-state index contributed by atoms with van der Waals surface area (Å²) < 4.78 is 7.33. The van der Waals surface area contributed by atoms with Crippen LogP contribution < -0.4 is 0 Å². The van der Waals surface area contributed by atoms with Crippen LogP contribution in [0.3, 0.4) is 0 Å². The fourth-order valence-corrected chi connectivity index (χ4v) is 2.98. The number of likely N-dealkylation sites (tertiary alicyclic amines) is 1. The van der Waals surface area contributed by atoms with Gasteiger partial charge in [-0.05, 0) is 13.3 Å². The van der Waals surface area contributed by atoms with E-state index in [0.717, 1.165) is 38.4 Å². The van der Waals surface area contributed by atoms with Crippen LogP contribution in [0.15, 0.2) is 23.3 Å². The average molecular weight is 318 g/mol. The molecule has 0 saturated carbocycles. The number of rotatable bonds is 6. The van der Waals surface area contributed by atoms with Gasteiger partial charge in [0.05, 0.1) is 19.3 Å². The minimum absolute atomic E-state index is 0.0592. The topological polar surface area (TPSA) is 80.3 Å². The zero-order valence-corrected chi connectivity index (χ0v) is 13.6. The molecule has 1 aliphatic rings. The molecule has 3 rings (SSSR count). The van der Waals surface area contributed by atoms with E-state index in [4.69, 9.17) is 4.42 Å². The molecule has 1 saturated heterocycles. The molecular weight excluding hydrogens is 296 g/mol. The van der Waals surface area contributed by atoms with Crippen molar-refractivity contribution in [1.82, 2.24) is 29.5 Å². The molecule has 23 heavy (non-hydrogen) atoms. The Kier molecular flexibility index (Phi) is 4.71. The fourth-order valence-electron chi connectivity index (χ4n) is 2.98. The third-order valence-electron chi connectivity index (χ3n) is 4.18. The number of carbonyl (C=O) groups is 1. The van der Waals surface area contributed by atoms with Gasteiger partial charge in [0.25, 0.3) is 0 Å². The summed E-state index contributed by atoms with van der Waals surface area (Å²) >= 11 is 0. The molecule has 8 heteroatoms. The van der Waals surface area contributed by atoms with Crippen molar-refractivity contribution in [2.45, 2.75) is 39.4 Å². The summed E-state index contributed by atoms with van der Waals surface area (Å²) in [5.41, 5.74) is 0. The Morgan fingerprint density at radius 1 is 1.48 bits per heavy atom. The zero-order valence-electron chi connectivity index (χ0n) is 13.6. The Balaban J connectivity index is 1.55. The van der Waals surface area contributed by atoms with E-state index in [1.165, 1.54) is 0 Å². The fraction of sp³-hybridized carbons (Fsp3) is 0.600. The van der Waals surface area contributed by atoms with Crippen LogP contribution in [0.5, 0.6) is 0 Å². The van der Waals surface area contributed by atoms with Crippen molar-refractivity contribution in [2.24, 2.45) is 0 Å². The first-order chi connectivity index (χ1) is 11.1. The van der Waals surface area contributed by atoms with Crippen molar-refractivity contribution >= 4 is 5.91 Å². The van der Waals surface area contributed by atoms with Crippen LogP contribution in [-0.4, -0.2) is 61.1 Å². The molecule has 1 aliphatic heterocycles. The van der Waals surface area contributed by atoms with E-state index in [2.05, 4.69) is 20.0 Å². The van der Waals surface area contributed by atoms with E-state index in [-0.39, 0.29) is 11.9 Å². The van der Waals surface area contributed by atoms with Crippen molar-refractivity contribution in [3.8, 4) is 0 Å². The highest BCUT2D eigenvalue weighted by molar-refractivity contribution is 5.73. The lowest BCUT2D eigenvalue weighted by Crippen LogP contribution is -2.40. The molecule has 2 aromatic heterocycles. The van der Waals surface area contributed by atoms with Crippen LogP contribution in [0.25, 0.3) is 0 Å². The molecule has 1 fully saturated rings. The predicted octanol–water partition coefficient (Wildman–Crippen LogP) is 0.698. The Labute approximate surface area is 135 Å². The molecule has 0 N–H and O–H groups in total. The summed E-state index contributed by atoms with van der Waals surface area (Å²) in [4.78, 5) is 24.4. The first kappa shape index (κ1) is 15.7. The quantitative estimate of drug-likeness (QED) is 0.780. The van der Waals surface area contributed by atoms with Gasteiger partial charge < -0.3 is 9.32 Å². The normalized spacial score (nSPS) is 18.4. The minimum atomic E-state index is 0.0592. The van der Waals surface area contributed by atoms with Gasteiger partial charge in [0.15, 0.2) is 0 Å². The van der Waals surface area contributed by atoms with Gasteiger partial charge >= 0.3 is 0 Å².